The highest BCUT2D eigenvalue weighted by Crippen LogP contribution is 2.39. The maximum atomic E-state index is 14.2. The number of alkyl carbamates (subject to hydrolysis) is 2. The van der Waals surface area contributed by atoms with Crippen LogP contribution in [0, 0.1) is 11.8 Å². The number of methoxy groups -OCH3 is 2. The lowest BCUT2D eigenvalue weighted by Crippen LogP contribution is -2.64. The summed E-state index contributed by atoms with van der Waals surface area (Å²) in [7, 11) is 2.46. The Labute approximate surface area is 438 Å². The number of amides is 6. The maximum Gasteiger partial charge on any atom is 0.573 e. The van der Waals surface area contributed by atoms with Crippen LogP contribution in [0.15, 0.2) is 67.0 Å². The van der Waals surface area contributed by atoms with E-state index in [-0.39, 0.29) is 57.7 Å². The third-order valence-electron chi connectivity index (χ3n) is 14.1. The Bertz CT molecular complexity index is 2730. The first-order valence-electron chi connectivity index (χ1n) is 24.8. The predicted octanol–water partition coefficient (Wildman–Crippen LogP) is 7.47. The lowest BCUT2D eigenvalue weighted by atomic mass is 9.93. The van der Waals surface area contributed by atoms with Crippen LogP contribution >= 0.6 is 11.8 Å². The SMILES string of the molecule is COC(=O)N[C@H](C(=O)N1C[C@@H](SC)C[C@H]1c1ncc(-c2ccc(-c3ccc(C(=O)Nc4ccc(N5CCN(C(=O)[C@]6(C)CCCN6C(=O)[C@@H](NC(=O)OC)C(C)C)C[C@H]5C)nc4)cc3OC(F)(F)F)cc2)[nH]1)C(C)C. The molecule has 0 unspecified atom stereocenters. The van der Waals surface area contributed by atoms with Gasteiger partial charge < -0.3 is 54.7 Å². The summed E-state index contributed by atoms with van der Waals surface area (Å²) in [5.41, 5.74) is 0.839. The van der Waals surface area contributed by atoms with Gasteiger partial charge in [0, 0.05) is 55.1 Å². The Kier molecular flexibility index (Phi) is 17.3. The van der Waals surface area contributed by atoms with Crippen molar-refractivity contribution in [3.8, 4) is 28.1 Å². The summed E-state index contributed by atoms with van der Waals surface area (Å²) in [5.74, 6) is -1.39. The van der Waals surface area contributed by atoms with Crippen molar-refractivity contribution in [3.05, 3.63) is 78.4 Å². The van der Waals surface area contributed by atoms with Crippen LogP contribution in [0.2, 0.25) is 0 Å². The normalized spacial score (nSPS) is 20.7. The summed E-state index contributed by atoms with van der Waals surface area (Å²) >= 11 is 1.63. The number of ether oxygens (including phenoxy) is 3. The summed E-state index contributed by atoms with van der Waals surface area (Å²) in [5, 5.41) is 8.11. The van der Waals surface area contributed by atoms with E-state index in [2.05, 4.69) is 35.6 Å². The number of aromatic nitrogens is 3. The molecule has 5 heterocycles. The first kappa shape index (κ1) is 55.7. The number of hydrogen-bond donors (Lipinski definition) is 4. The minimum Gasteiger partial charge on any atom is -0.453 e. The molecule has 23 heteroatoms. The second-order valence-corrected chi connectivity index (χ2v) is 21.0. The molecular weight excluding hydrogens is 998 g/mol. The second-order valence-electron chi connectivity index (χ2n) is 19.9. The van der Waals surface area contributed by atoms with Gasteiger partial charge in [-0.3, -0.25) is 19.2 Å². The van der Waals surface area contributed by atoms with Gasteiger partial charge in [-0.1, -0.05) is 52.0 Å². The molecule has 3 saturated heterocycles. The predicted molar refractivity (Wildman–Crippen MR) is 276 cm³/mol. The van der Waals surface area contributed by atoms with Crippen LogP contribution in [-0.4, -0.2) is 154 Å². The molecule has 0 spiro atoms. The number of benzene rings is 2. The molecule has 3 fully saturated rings. The van der Waals surface area contributed by atoms with Crippen LogP contribution < -0.4 is 25.6 Å². The Balaban J connectivity index is 0.997. The van der Waals surface area contributed by atoms with E-state index < -0.39 is 53.9 Å². The largest absolute Gasteiger partial charge is 0.573 e. The number of alkyl halides is 3. The minimum atomic E-state index is -5.07. The van der Waals surface area contributed by atoms with Gasteiger partial charge >= 0.3 is 18.5 Å². The number of piperazine rings is 1. The molecular formula is C52H65F3N10O9S. The molecule has 4 N–H and O–H groups in total. The third kappa shape index (κ3) is 12.6. The number of rotatable bonds is 15. The number of halogens is 3. The number of likely N-dealkylation sites (tertiary alicyclic amines) is 2. The fraction of sp³-hybridized carbons (Fsp3) is 0.500. The topological polar surface area (TPSA) is 221 Å². The molecule has 19 nitrogen and oxygen atoms in total. The Morgan fingerprint density at radius 2 is 1.48 bits per heavy atom. The Morgan fingerprint density at radius 1 is 0.827 bits per heavy atom. The van der Waals surface area contributed by atoms with Gasteiger partial charge in [0.15, 0.2) is 0 Å². The smallest absolute Gasteiger partial charge is 0.453 e. The van der Waals surface area contributed by atoms with Gasteiger partial charge in [-0.25, -0.2) is 19.6 Å². The maximum absolute atomic E-state index is 14.2. The molecule has 2 aromatic heterocycles. The van der Waals surface area contributed by atoms with Gasteiger partial charge in [-0.05, 0) is 92.7 Å². The highest BCUT2D eigenvalue weighted by molar-refractivity contribution is 7.99. The second kappa shape index (κ2) is 23.2. The molecule has 3 aliphatic rings. The molecule has 3 aliphatic heterocycles. The number of thioether (sulfide) groups is 1. The number of carbonyl (C=O) groups is 6. The highest BCUT2D eigenvalue weighted by atomic mass is 32.2. The number of anilines is 2. The van der Waals surface area contributed by atoms with Crippen LogP contribution in [0.1, 0.15) is 83.0 Å². The number of hydrogen-bond acceptors (Lipinski definition) is 13. The Hall–Kier alpha value is -7.04. The minimum absolute atomic E-state index is 0.0852. The van der Waals surface area contributed by atoms with E-state index in [4.69, 9.17) is 9.47 Å². The molecule has 0 saturated carbocycles. The lowest BCUT2D eigenvalue weighted by Gasteiger charge is -2.45. The lowest BCUT2D eigenvalue weighted by molar-refractivity contribution is -0.274. The third-order valence-corrected chi connectivity index (χ3v) is 15.1. The zero-order valence-corrected chi connectivity index (χ0v) is 44.3. The zero-order valence-electron chi connectivity index (χ0n) is 43.4. The van der Waals surface area contributed by atoms with E-state index in [1.807, 2.05) is 45.8 Å². The van der Waals surface area contributed by atoms with Crippen molar-refractivity contribution in [1.82, 2.24) is 40.3 Å². The molecule has 0 radical (unpaired) electrons. The number of nitrogens with zero attached hydrogens (tertiary/aromatic N) is 6. The summed E-state index contributed by atoms with van der Waals surface area (Å²) < 4.78 is 55.6. The van der Waals surface area contributed by atoms with Crippen molar-refractivity contribution >= 4 is 59.1 Å². The molecule has 75 heavy (non-hydrogen) atoms. The summed E-state index contributed by atoms with van der Waals surface area (Å²) in [4.78, 5) is 99.1. The van der Waals surface area contributed by atoms with E-state index in [1.165, 1.54) is 32.5 Å². The Morgan fingerprint density at radius 3 is 2.07 bits per heavy atom. The molecule has 6 atom stereocenters. The molecule has 6 amide bonds. The van der Waals surface area contributed by atoms with Crippen LogP contribution in [0.5, 0.6) is 5.75 Å². The molecule has 4 aromatic rings. The molecule has 0 aliphatic carbocycles. The van der Waals surface area contributed by atoms with Crippen molar-refractivity contribution in [2.24, 2.45) is 11.8 Å². The van der Waals surface area contributed by atoms with Gasteiger partial charge in [0.05, 0.1) is 44.0 Å². The molecule has 0 bridgehead atoms. The molecule has 7 rings (SSSR count). The number of carbonyl (C=O) groups excluding carboxylic acids is 6. The standard InChI is InChI=1S/C52H65F3N10O9S/c1-29(2)42(60-49(70)72-7)46(67)64-28-36(75-9)24-39(64)44-57-26-38(59-44)33-13-11-32(12-14-33)37-17-15-34(23-40(37)74-52(53,54)55)45(66)58-35-16-18-41(56-25-35)63-22-21-62(27-31(63)5)48(69)51(6)19-10-20-65(51)47(68)43(30(3)4)61-50(71)73-8/h11-18,23,25-26,29-31,36,39,42-43H,10,19-22,24,27-28H2,1-9H3,(H,57,59)(H,58,66)(H,60,70)(H,61,71)/t31-,36+,39+,42+,43+,51+/m1/s1. The van der Waals surface area contributed by atoms with Gasteiger partial charge in [0.1, 0.15) is 35.0 Å². The van der Waals surface area contributed by atoms with Gasteiger partial charge in [0.25, 0.3) is 5.91 Å². The monoisotopic (exact) mass is 1060 g/mol. The van der Waals surface area contributed by atoms with E-state index in [1.54, 1.807) is 76.0 Å². The fourth-order valence-electron chi connectivity index (χ4n) is 10.0. The highest BCUT2D eigenvalue weighted by Gasteiger charge is 2.50. The van der Waals surface area contributed by atoms with Crippen LogP contribution in [0.3, 0.4) is 0 Å². The van der Waals surface area contributed by atoms with E-state index in [0.717, 1.165) is 6.07 Å². The van der Waals surface area contributed by atoms with Crippen molar-refractivity contribution in [3.63, 3.8) is 0 Å². The molecule has 404 valence electrons. The summed E-state index contributed by atoms with van der Waals surface area (Å²) in [6.07, 6.45) is 0.263. The number of pyridine rings is 1. The van der Waals surface area contributed by atoms with Gasteiger partial charge in [0.2, 0.25) is 17.7 Å². The van der Waals surface area contributed by atoms with E-state index >= 15 is 0 Å². The average Bonchev–Trinajstić information content (AvgIpc) is 4.15. The number of imidazole rings is 1. The van der Waals surface area contributed by atoms with E-state index in [9.17, 15) is 41.9 Å². The van der Waals surface area contributed by atoms with Gasteiger partial charge in [-0.15, -0.1) is 13.2 Å². The van der Waals surface area contributed by atoms with Crippen molar-refractivity contribution in [1.29, 1.82) is 0 Å². The number of nitrogens with one attached hydrogen (secondary N) is 4. The number of H-pyrrole nitrogens is 1. The van der Waals surface area contributed by atoms with Crippen LogP contribution in [0.4, 0.5) is 34.3 Å². The van der Waals surface area contributed by atoms with E-state index in [0.29, 0.717) is 80.4 Å². The van der Waals surface area contributed by atoms with Crippen molar-refractivity contribution in [2.75, 3.05) is 63.4 Å². The van der Waals surface area contributed by atoms with Gasteiger partial charge in [-0.2, -0.15) is 11.8 Å². The van der Waals surface area contributed by atoms with Crippen LogP contribution in [-0.2, 0) is 23.9 Å². The van der Waals surface area contributed by atoms with Crippen molar-refractivity contribution in [2.45, 2.75) is 102 Å². The average molecular weight is 1060 g/mol. The summed E-state index contributed by atoms with van der Waals surface area (Å²) in [6, 6.07) is 11.6. The quantitative estimate of drug-likeness (QED) is 0.0909. The van der Waals surface area contributed by atoms with Crippen LogP contribution in [0.25, 0.3) is 22.4 Å². The molecule has 2 aromatic carbocycles. The fourth-order valence-corrected chi connectivity index (χ4v) is 10.7. The number of aromatic amines is 1. The summed E-state index contributed by atoms with van der Waals surface area (Å²) in [6.45, 7) is 13.0. The zero-order chi connectivity index (χ0) is 54.5. The first-order chi connectivity index (χ1) is 35.5. The first-order valence-corrected chi connectivity index (χ1v) is 26.1. The van der Waals surface area contributed by atoms with Crippen molar-refractivity contribution < 1.29 is 56.1 Å².